The van der Waals surface area contributed by atoms with Gasteiger partial charge in [0.2, 0.25) is 17.4 Å². The van der Waals surface area contributed by atoms with Gasteiger partial charge in [0.15, 0.2) is 17.3 Å². The van der Waals surface area contributed by atoms with Crippen molar-refractivity contribution in [1.29, 1.82) is 0 Å². The summed E-state index contributed by atoms with van der Waals surface area (Å²) in [7, 11) is 6.41. The molecule has 0 saturated heterocycles. The maximum Gasteiger partial charge on any atom is 0.228 e. The maximum atomic E-state index is 12.5. The largest absolute Gasteiger partial charge is 0.493 e. The first-order valence-electron chi connectivity index (χ1n) is 9.67. The van der Waals surface area contributed by atoms with Gasteiger partial charge in [-0.05, 0) is 48.4 Å². The lowest BCUT2D eigenvalue weighted by Gasteiger charge is -2.14. The molecular weight excluding hydrogens is 398 g/mol. The molecule has 1 heterocycles. The zero-order valence-corrected chi connectivity index (χ0v) is 18.0. The van der Waals surface area contributed by atoms with Crippen molar-refractivity contribution in [2.75, 3.05) is 26.6 Å². The maximum absolute atomic E-state index is 12.5. The van der Waals surface area contributed by atoms with Crippen LogP contribution >= 0.6 is 0 Å². The summed E-state index contributed by atoms with van der Waals surface area (Å²) in [5, 5.41) is 2.85. The van der Waals surface area contributed by atoms with Gasteiger partial charge in [0, 0.05) is 37.1 Å². The molecule has 3 rings (SSSR count). The number of amides is 1. The number of rotatable bonds is 9. The van der Waals surface area contributed by atoms with Crippen molar-refractivity contribution >= 4 is 17.4 Å². The highest BCUT2D eigenvalue weighted by Gasteiger charge is 2.15. The van der Waals surface area contributed by atoms with Crippen LogP contribution < -0.4 is 19.5 Å². The van der Waals surface area contributed by atoms with Gasteiger partial charge in [-0.2, -0.15) is 0 Å². The van der Waals surface area contributed by atoms with Crippen molar-refractivity contribution in [3.8, 4) is 17.2 Å². The molecule has 2 aromatic carbocycles. The molecule has 0 unspecified atom stereocenters. The van der Waals surface area contributed by atoms with Crippen LogP contribution in [0.1, 0.15) is 28.2 Å². The average Bonchev–Trinajstić information content (AvgIpc) is 3.22. The number of aromatic nitrogens is 2. The smallest absolute Gasteiger partial charge is 0.228 e. The fourth-order valence-corrected chi connectivity index (χ4v) is 3.18. The van der Waals surface area contributed by atoms with E-state index in [0.29, 0.717) is 40.7 Å². The Labute approximate surface area is 180 Å². The van der Waals surface area contributed by atoms with Gasteiger partial charge in [0.25, 0.3) is 0 Å². The molecule has 0 aliphatic carbocycles. The zero-order valence-electron chi connectivity index (χ0n) is 18.0. The van der Waals surface area contributed by atoms with Gasteiger partial charge in [0.05, 0.1) is 21.3 Å². The Morgan fingerprint density at radius 1 is 1.00 bits per heavy atom. The summed E-state index contributed by atoms with van der Waals surface area (Å²) < 4.78 is 17.7. The van der Waals surface area contributed by atoms with E-state index in [2.05, 4.69) is 10.3 Å². The van der Waals surface area contributed by atoms with E-state index in [4.69, 9.17) is 14.2 Å². The van der Waals surface area contributed by atoms with Crippen LogP contribution in [0.5, 0.6) is 17.2 Å². The Morgan fingerprint density at radius 3 is 2.16 bits per heavy atom. The molecule has 0 aliphatic heterocycles. The number of anilines is 1. The molecule has 8 nitrogen and oxygen atoms in total. The second kappa shape index (κ2) is 9.80. The highest BCUT2D eigenvalue weighted by Crippen LogP contribution is 2.38. The van der Waals surface area contributed by atoms with Crippen LogP contribution in [0.15, 0.2) is 48.8 Å². The van der Waals surface area contributed by atoms with E-state index >= 15 is 0 Å². The predicted octanol–water partition coefficient (Wildman–Crippen LogP) is 3.25. The van der Waals surface area contributed by atoms with E-state index in [1.807, 2.05) is 12.1 Å². The Morgan fingerprint density at radius 2 is 1.65 bits per heavy atom. The van der Waals surface area contributed by atoms with Crippen LogP contribution in [0.25, 0.3) is 0 Å². The first kappa shape index (κ1) is 21.9. The van der Waals surface area contributed by atoms with Crippen LogP contribution in [0.4, 0.5) is 5.69 Å². The molecule has 1 aromatic heterocycles. The fraction of sp³-hybridized carbons (Fsp3) is 0.261. The summed E-state index contributed by atoms with van der Waals surface area (Å²) in [6.07, 6.45) is 4.07. The van der Waals surface area contributed by atoms with Gasteiger partial charge < -0.3 is 24.1 Å². The zero-order chi connectivity index (χ0) is 22.4. The van der Waals surface area contributed by atoms with Crippen molar-refractivity contribution < 1.29 is 23.8 Å². The predicted molar refractivity (Wildman–Crippen MR) is 116 cm³/mol. The molecule has 162 valence electrons. The van der Waals surface area contributed by atoms with E-state index in [1.165, 1.54) is 0 Å². The monoisotopic (exact) mass is 423 g/mol. The Kier molecular flexibility index (Phi) is 6.92. The van der Waals surface area contributed by atoms with Crippen molar-refractivity contribution in [3.63, 3.8) is 0 Å². The SMILES string of the molecule is COc1cc(CCC(=O)Nc2ccc(C(=O)c3nccn3C)cc2)cc(OC)c1OC. The van der Waals surface area contributed by atoms with Gasteiger partial charge in [-0.15, -0.1) is 0 Å². The molecule has 31 heavy (non-hydrogen) atoms. The van der Waals surface area contributed by atoms with Gasteiger partial charge in [0.1, 0.15) is 0 Å². The third-order valence-corrected chi connectivity index (χ3v) is 4.82. The molecule has 0 aliphatic rings. The molecule has 0 radical (unpaired) electrons. The number of carbonyl (C=O) groups is 2. The molecule has 0 spiro atoms. The molecule has 0 fully saturated rings. The number of nitrogens with one attached hydrogen (secondary N) is 1. The third-order valence-electron chi connectivity index (χ3n) is 4.82. The number of benzene rings is 2. The Bertz CT molecular complexity index is 1050. The molecular formula is C23H25N3O5. The number of ether oxygens (including phenoxy) is 3. The number of methoxy groups -OCH3 is 3. The quantitative estimate of drug-likeness (QED) is 0.531. The van der Waals surface area contributed by atoms with Crippen LogP contribution in [-0.4, -0.2) is 42.6 Å². The number of nitrogens with zero attached hydrogens (tertiary/aromatic N) is 2. The minimum atomic E-state index is -0.173. The fourth-order valence-electron chi connectivity index (χ4n) is 3.18. The van der Waals surface area contributed by atoms with Crippen molar-refractivity contribution in [2.24, 2.45) is 7.05 Å². The third kappa shape index (κ3) is 5.03. The summed E-state index contributed by atoms with van der Waals surface area (Å²) >= 11 is 0. The molecule has 8 heteroatoms. The molecule has 1 amide bonds. The van der Waals surface area contributed by atoms with Crippen molar-refractivity contribution in [3.05, 3.63) is 65.7 Å². The second-order valence-corrected chi connectivity index (χ2v) is 6.85. The molecule has 0 bridgehead atoms. The minimum Gasteiger partial charge on any atom is -0.493 e. The molecule has 0 atom stereocenters. The van der Waals surface area contributed by atoms with Crippen LogP contribution in [0, 0.1) is 0 Å². The topological polar surface area (TPSA) is 91.7 Å². The molecule has 3 aromatic rings. The summed E-state index contributed by atoms with van der Waals surface area (Å²) in [5.74, 6) is 1.65. The van der Waals surface area contributed by atoms with E-state index < -0.39 is 0 Å². The average molecular weight is 423 g/mol. The minimum absolute atomic E-state index is 0.142. The number of ketones is 1. The van der Waals surface area contributed by atoms with Gasteiger partial charge in [-0.25, -0.2) is 4.98 Å². The summed E-state index contributed by atoms with van der Waals surface area (Å²) in [6, 6.07) is 10.4. The highest BCUT2D eigenvalue weighted by atomic mass is 16.5. The lowest BCUT2D eigenvalue weighted by atomic mass is 10.1. The molecule has 1 N–H and O–H groups in total. The lowest BCUT2D eigenvalue weighted by Crippen LogP contribution is -2.13. The number of hydrogen-bond acceptors (Lipinski definition) is 6. The van der Waals surface area contributed by atoms with Gasteiger partial charge in [-0.3, -0.25) is 9.59 Å². The van der Waals surface area contributed by atoms with E-state index in [-0.39, 0.29) is 18.1 Å². The Balaban J connectivity index is 1.61. The van der Waals surface area contributed by atoms with Crippen molar-refractivity contribution in [2.45, 2.75) is 12.8 Å². The normalized spacial score (nSPS) is 10.5. The number of aryl methyl sites for hydroxylation is 2. The lowest BCUT2D eigenvalue weighted by molar-refractivity contribution is -0.116. The second-order valence-electron chi connectivity index (χ2n) is 6.85. The van der Waals surface area contributed by atoms with Crippen LogP contribution in [0.3, 0.4) is 0 Å². The van der Waals surface area contributed by atoms with E-state index in [1.54, 1.807) is 69.6 Å². The Hall–Kier alpha value is -3.81. The van der Waals surface area contributed by atoms with Crippen LogP contribution in [0.2, 0.25) is 0 Å². The first-order valence-corrected chi connectivity index (χ1v) is 9.67. The number of carbonyl (C=O) groups excluding carboxylic acids is 2. The molecule has 0 saturated carbocycles. The summed E-state index contributed by atoms with van der Waals surface area (Å²) in [5.41, 5.74) is 2.01. The summed E-state index contributed by atoms with van der Waals surface area (Å²) in [4.78, 5) is 28.9. The first-order chi connectivity index (χ1) is 15.0. The van der Waals surface area contributed by atoms with Crippen LogP contribution in [-0.2, 0) is 18.3 Å². The highest BCUT2D eigenvalue weighted by molar-refractivity contribution is 6.07. The number of imidazole rings is 1. The van der Waals surface area contributed by atoms with E-state index in [0.717, 1.165) is 5.56 Å². The summed E-state index contributed by atoms with van der Waals surface area (Å²) in [6.45, 7) is 0. The van der Waals surface area contributed by atoms with Crippen molar-refractivity contribution in [1.82, 2.24) is 9.55 Å². The number of hydrogen-bond donors (Lipinski definition) is 1. The van der Waals surface area contributed by atoms with E-state index in [9.17, 15) is 9.59 Å². The van der Waals surface area contributed by atoms with Gasteiger partial charge >= 0.3 is 0 Å². The standard InChI is InChI=1S/C23H25N3O5/c1-26-12-11-24-23(26)21(28)16-6-8-17(9-7-16)25-20(27)10-5-15-13-18(29-2)22(31-4)19(14-15)30-3/h6-9,11-14H,5,10H2,1-4H3,(H,25,27). The van der Waals surface area contributed by atoms with Gasteiger partial charge in [-0.1, -0.05) is 0 Å².